The van der Waals surface area contributed by atoms with Crippen LogP contribution in [0.5, 0.6) is 0 Å². The first kappa shape index (κ1) is 54.3. The number of aromatic nitrogens is 14. The lowest BCUT2D eigenvalue weighted by Gasteiger charge is -2.16. The number of hydrogen-bond acceptors (Lipinski definition) is 14. The molecule has 0 saturated heterocycles. The second-order valence-corrected chi connectivity index (χ2v) is 29.8. The zero-order chi connectivity index (χ0) is 99.4. The maximum atomic E-state index is 9.02. The summed E-state index contributed by atoms with van der Waals surface area (Å²) in [6, 6.07) is 76.8. The standard InChI is InChI=1S/C54H33N7O.C54H33N7S/c2*1-5-17-34(18-6-1)49-55-50(35-19-7-2-8-20-35)58-53(57-49)38-29-30-43(41(33-38)54-59-51(36-21-9-3-10-22-36)56-52(60-54)37-23-11-4-12-24-37)61-42-27-15-13-25-39(42)47-44(61)31-32-46-48(47)40-26-14-16-28-45(40)62-46/h2*1-33H/i1D,2D,5D,6D,7D,8D,17D,18D,19D,20D;3D,4D,9D,10D,11D,12D,21D,22D,23D,24D. The summed E-state index contributed by atoms with van der Waals surface area (Å²) >= 11 is 1.70. The molecule has 580 valence electrons. The third-order valence-electron chi connectivity index (χ3n) is 21.4. The van der Waals surface area contributed by atoms with Crippen molar-refractivity contribution in [3.05, 3.63) is 400 Å². The molecule has 0 fully saturated rings. The van der Waals surface area contributed by atoms with Crippen LogP contribution in [0, 0.1) is 0 Å². The van der Waals surface area contributed by atoms with Crippen LogP contribution >= 0.6 is 11.3 Å². The van der Waals surface area contributed by atoms with E-state index in [4.69, 9.17) is 81.7 Å². The summed E-state index contributed by atoms with van der Waals surface area (Å²) < 4.78 is 186. The smallest absolute Gasteiger partial charge is 0.166 e. The number of hydrogen-bond donors (Lipinski definition) is 0. The average molecular weight is 1630 g/mol. The van der Waals surface area contributed by atoms with Crippen LogP contribution in [0.1, 0.15) is 27.4 Å². The first-order chi connectivity index (χ1) is 69.7. The first-order valence-electron chi connectivity index (χ1n) is 49.3. The van der Waals surface area contributed by atoms with Gasteiger partial charge >= 0.3 is 0 Å². The van der Waals surface area contributed by atoms with Crippen LogP contribution in [-0.4, -0.2) is 68.9 Å². The van der Waals surface area contributed by atoms with E-state index < -0.39 is 121 Å². The van der Waals surface area contributed by atoms with Gasteiger partial charge in [0.1, 0.15) is 11.2 Å². The molecule has 15 nitrogen and oxygen atoms in total. The molecule has 24 rings (SSSR count). The summed E-state index contributed by atoms with van der Waals surface area (Å²) in [7, 11) is 0. The van der Waals surface area contributed by atoms with Crippen molar-refractivity contribution in [2.75, 3.05) is 0 Å². The average Bonchev–Trinajstić information content (AvgIpc) is 1.55. The lowest BCUT2D eigenvalue weighted by atomic mass is 10.0. The third kappa shape index (κ3) is 13.1. The maximum absolute atomic E-state index is 9.02. The molecule has 124 heavy (non-hydrogen) atoms. The van der Waals surface area contributed by atoms with E-state index in [0.717, 1.165) is 108 Å². The molecule has 0 unspecified atom stereocenters. The molecule has 0 bridgehead atoms. The van der Waals surface area contributed by atoms with Gasteiger partial charge in [0.25, 0.3) is 0 Å². The molecule has 0 radical (unpaired) electrons. The quantitative estimate of drug-likeness (QED) is 0.101. The molecular formula is C108H66N14OS. The fourth-order valence-electron chi connectivity index (χ4n) is 15.9. The van der Waals surface area contributed by atoms with Gasteiger partial charge in [0.2, 0.25) is 0 Å². The molecule has 0 aliphatic rings. The number of rotatable bonds is 14. The van der Waals surface area contributed by atoms with Gasteiger partial charge in [0.05, 0.1) is 60.9 Å². The Morgan fingerprint density at radius 2 is 0.524 bits per heavy atom. The van der Waals surface area contributed by atoms with E-state index in [2.05, 4.69) is 55.5 Å². The highest BCUT2D eigenvalue weighted by Gasteiger charge is 2.28. The highest BCUT2D eigenvalue weighted by molar-refractivity contribution is 7.26. The summed E-state index contributed by atoms with van der Waals surface area (Å²) in [5.41, 5.74) is 9.01. The molecule has 0 aliphatic carbocycles. The summed E-state index contributed by atoms with van der Waals surface area (Å²) in [5.74, 6) is 0.355. The molecule has 24 aromatic rings. The Morgan fingerprint density at radius 3 is 0.927 bits per heavy atom. The van der Waals surface area contributed by atoms with Gasteiger partial charge in [-0.25, -0.2) is 59.8 Å². The van der Waals surface area contributed by atoms with Crippen molar-refractivity contribution in [1.29, 1.82) is 0 Å². The maximum Gasteiger partial charge on any atom is 0.166 e. The Labute approximate surface area is 742 Å². The number of benzene rings is 16. The Hall–Kier alpha value is -16.8. The highest BCUT2D eigenvalue weighted by Crippen LogP contribution is 2.48. The predicted molar refractivity (Wildman–Crippen MR) is 501 cm³/mol. The van der Waals surface area contributed by atoms with E-state index in [-0.39, 0.29) is 68.8 Å². The monoisotopic (exact) mass is 1630 g/mol. The molecular weight excluding hydrogens is 1540 g/mol. The zero-order valence-electron chi connectivity index (χ0n) is 84.6. The minimum Gasteiger partial charge on any atom is -0.456 e. The highest BCUT2D eigenvalue weighted by atomic mass is 32.1. The van der Waals surface area contributed by atoms with Crippen molar-refractivity contribution in [1.82, 2.24) is 68.9 Å². The Morgan fingerprint density at radius 1 is 0.210 bits per heavy atom. The van der Waals surface area contributed by atoms with Gasteiger partial charge < -0.3 is 13.6 Å². The molecule has 8 heterocycles. The van der Waals surface area contributed by atoms with E-state index in [1.54, 1.807) is 29.5 Å². The zero-order valence-corrected chi connectivity index (χ0v) is 65.5. The van der Waals surface area contributed by atoms with E-state index in [1.807, 2.05) is 224 Å². The first-order valence-corrected chi connectivity index (χ1v) is 40.1. The van der Waals surface area contributed by atoms with Crippen LogP contribution in [-0.2, 0) is 0 Å². The number of furan rings is 1. The number of para-hydroxylation sites is 3. The van der Waals surface area contributed by atoms with E-state index >= 15 is 0 Å². The second kappa shape index (κ2) is 30.8. The van der Waals surface area contributed by atoms with Crippen molar-refractivity contribution >= 4 is 97.1 Å². The van der Waals surface area contributed by atoms with Crippen LogP contribution in [0.2, 0.25) is 0 Å². The fourth-order valence-corrected chi connectivity index (χ4v) is 17.0. The van der Waals surface area contributed by atoms with Crippen LogP contribution < -0.4 is 0 Å². The van der Waals surface area contributed by atoms with Crippen molar-refractivity contribution in [3.8, 4) is 148 Å². The van der Waals surface area contributed by atoms with Gasteiger partial charge in [-0.1, -0.05) is 315 Å². The van der Waals surface area contributed by atoms with E-state index in [0.29, 0.717) is 56.9 Å². The number of thiophene rings is 1. The van der Waals surface area contributed by atoms with Crippen molar-refractivity contribution in [3.63, 3.8) is 0 Å². The number of fused-ring (bicyclic) bond motifs is 14. The van der Waals surface area contributed by atoms with E-state index in [1.165, 1.54) is 0 Å². The second-order valence-electron chi connectivity index (χ2n) is 28.7. The molecule has 8 aromatic heterocycles. The lowest BCUT2D eigenvalue weighted by Crippen LogP contribution is -2.05. The summed E-state index contributed by atoms with van der Waals surface area (Å²) in [5, 5.41) is 7.96. The third-order valence-corrected chi connectivity index (χ3v) is 22.5. The molecule has 0 amide bonds. The summed E-state index contributed by atoms with van der Waals surface area (Å²) in [6.07, 6.45) is 0. The summed E-state index contributed by atoms with van der Waals surface area (Å²) in [6.45, 7) is 0. The minimum absolute atomic E-state index is 0.112. The van der Waals surface area contributed by atoms with Gasteiger partial charge in [-0.05, 0) is 84.9 Å². The molecule has 0 saturated carbocycles. The van der Waals surface area contributed by atoms with Gasteiger partial charge in [-0.2, -0.15) is 0 Å². The SMILES string of the molecule is [2H]c1c([2H])c([2H])c(-c2nc(-c3cc(-c4nc(-c5ccccc5)nc(-c5ccccc5)n4)ccc3-n3c4ccccc4c4c5c(ccc43)sc3ccccc35)nc(-c3c([2H])c([2H])c([2H])c([2H])c3[2H])n2)c([2H])c1[2H].[2H]c1c([2H])c([2H])c(-c2nc(-c3ccc(-n4c5ccccc5c5c6c(ccc54)oc4ccccc46)c(-c4nc(-c5ccccc5)nc(-c5ccccc5)n4)c3)nc(-c3c([2H])c([2H])c([2H])c([2H])c3[2H])n2)c([2H])c1[2H]. The van der Waals surface area contributed by atoms with Crippen molar-refractivity contribution in [2.45, 2.75) is 0 Å². The van der Waals surface area contributed by atoms with Gasteiger partial charge in [-0.3, -0.25) is 0 Å². The molecule has 0 spiro atoms. The fraction of sp³-hybridized carbons (Fsp3) is 0. The van der Waals surface area contributed by atoms with Crippen LogP contribution in [0.15, 0.2) is 404 Å². The van der Waals surface area contributed by atoms with Gasteiger partial charge in [0.15, 0.2) is 69.9 Å². The predicted octanol–water partition coefficient (Wildman–Crippen LogP) is 26.6. The Bertz CT molecular complexity index is 9170. The van der Waals surface area contributed by atoms with Crippen molar-refractivity contribution < 1.29 is 31.8 Å². The summed E-state index contributed by atoms with van der Waals surface area (Å²) in [4.78, 5) is 58.7. The van der Waals surface area contributed by atoms with Crippen molar-refractivity contribution in [2.24, 2.45) is 0 Å². The van der Waals surface area contributed by atoms with Gasteiger partial charge in [0, 0.05) is 119 Å². The molecule has 0 aliphatic heterocycles. The molecule has 0 atom stereocenters. The Balaban J connectivity index is 0.000000159. The lowest BCUT2D eigenvalue weighted by molar-refractivity contribution is 0.669. The largest absolute Gasteiger partial charge is 0.456 e. The topological polar surface area (TPSA) is 178 Å². The van der Waals surface area contributed by atoms with E-state index in [9.17, 15) is 0 Å². The van der Waals surface area contributed by atoms with Crippen LogP contribution in [0.25, 0.3) is 234 Å². The molecule has 16 heteroatoms. The molecule has 16 aromatic carbocycles. The van der Waals surface area contributed by atoms with Crippen LogP contribution in [0.4, 0.5) is 0 Å². The van der Waals surface area contributed by atoms with Crippen LogP contribution in [0.3, 0.4) is 0 Å². The number of nitrogens with zero attached hydrogens (tertiary/aromatic N) is 14. The van der Waals surface area contributed by atoms with Gasteiger partial charge in [-0.15, -0.1) is 11.3 Å². The molecule has 0 N–H and O–H groups in total. The Kier molecular flexibility index (Phi) is 13.5. The minimum atomic E-state index is -0.644. The normalized spacial score (nSPS) is 13.8.